The predicted octanol–water partition coefficient (Wildman–Crippen LogP) is 5.72. The second-order valence-electron chi connectivity index (χ2n) is 5.54. The molecule has 1 unspecified atom stereocenters. The second kappa shape index (κ2) is 9.44. The first kappa shape index (κ1) is 17.6. The summed E-state index contributed by atoms with van der Waals surface area (Å²) in [7, 11) is 0. The summed E-state index contributed by atoms with van der Waals surface area (Å²) in [5, 5.41) is 3.41. The molecule has 0 radical (unpaired) electrons. The van der Waals surface area contributed by atoms with Crippen molar-refractivity contribution in [2.75, 3.05) is 0 Å². The number of allylic oxidation sites excluding steroid dienone is 3. The van der Waals surface area contributed by atoms with Gasteiger partial charge in [-0.2, -0.15) is 0 Å². The van der Waals surface area contributed by atoms with Crippen LogP contribution in [0.15, 0.2) is 42.1 Å². The monoisotopic (exact) mass is 285 g/mol. The van der Waals surface area contributed by atoms with E-state index in [1.165, 1.54) is 48.1 Å². The molecule has 1 aromatic carbocycles. The largest absolute Gasteiger partial charge is 0.383 e. The van der Waals surface area contributed by atoms with Gasteiger partial charge in [0.1, 0.15) is 0 Å². The van der Waals surface area contributed by atoms with Gasteiger partial charge in [0.25, 0.3) is 0 Å². The van der Waals surface area contributed by atoms with Crippen LogP contribution in [0.5, 0.6) is 0 Å². The number of aryl methyl sites for hydroxylation is 1. The predicted molar refractivity (Wildman–Crippen MR) is 95.4 cm³/mol. The molecule has 1 heterocycles. The van der Waals surface area contributed by atoms with Crippen LogP contribution in [-0.4, -0.2) is 6.04 Å². The molecule has 0 saturated heterocycles. The maximum atomic E-state index is 3.41. The van der Waals surface area contributed by atoms with Crippen LogP contribution in [0.2, 0.25) is 0 Å². The number of nitrogens with one attached hydrogen (secondary N) is 1. The van der Waals surface area contributed by atoms with Gasteiger partial charge in [-0.25, -0.2) is 0 Å². The molecule has 21 heavy (non-hydrogen) atoms. The van der Waals surface area contributed by atoms with E-state index in [1.807, 2.05) is 13.8 Å². The van der Waals surface area contributed by atoms with Gasteiger partial charge < -0.3 is 5.32 Å². The molecule has 0 fully saturated rings. The van der Waals surface area contributed by atoms with E-state index < -0.39 is 0 Å². The van der Waals surface area contributed by atoms with Gasteiger partial charge in [0.05, 0.1) is 0 Å². The minimum atomic E-state index is 0.421. The number of rotatable bonds is 5. The average Bonchev–Trinajstić information content (AvgIpc) is 2.49. The van der Waals surface area contributed by atoms with Crippen molar-refractivity contribution in [1.29, 1.82) is 0 Å². The number of hydrogen-bond acceptors (Lipinski definition) is 1. The highest BCUT2D eigenvalue weighted by Crippen LogP contribution is 2.22. The number of dihydropyridines is 1. The Kier molecular flexibility index (Phi) is 7.89. The van der Waals surface area contributed by atoms with Crippen molar-refractivity contribution >= 4 is 5.57 Å². The Hall–Kier alpha value is -1.50. The highest BCUT2D eigenvalue weighted by Gasteiger charge is 2.08. The van der Waals surface area contributed by atoms with Gasteiger partial charge in [-0.1, -0.05) is 64.0 Å². The number of unbranched alkanes of at least 4 members (excludes halogenated alkanes) is 2. The van der Waals surface area contributed by atoms with E-state index in [0.717, 1.165) is 0 Å². The van der Waals surface area contributed by atoms with Crippen LogP contribution in [0.4, 0.5) is 0 Å². The first-order valence-electron chi connectivity index (χ1n) is 8.45. The molecule has 0 amide bonds. The molecular weight excluding hydrogens is 254 g/mol. The van der Waals surface area contributed by atoms with Gasteiger partial charge in [-0.15, -0.1) is 0 Å². The SMILES string of the molecule is CC.CCCCCc1ccc(C2=CC(C)NC(C)=C2)cc1. The lowest BCUT2D eigenvalue weighted by Gasteiger charge is -2.19. The summed E-state index contributed by atoms with van der Waals surface area (Å²) in [6, 6.07) is 9.50. The maximum absolute atomic E-state index is 3.41. The van der Waals surface area contributed by atoms with E-state index in [4.69, 9.17) is 0 Å². The molecule has 1 nitrogen and oxygen atoms in total. The molecule has 1 atom stereocenters. The van der Waals surface area contributed by atoms with Crippen LogP contribution in [0.3, 0.4) is 0 Å². The smallest absolute Gasteiger partial charge is 0.0422 e. The van der Waals surface area contributed by atoms with Gasteiger partial charge in [0.15, 0.2) is 0 Å². The minimum Gasteiger partial charge on any atom is -0.383 e. The van der Waals surface area contributed by atoms with E-state index in [0.29, 0.717) is 6.04 Å². The van der Waals surface area contributed by atoms with E-state index in [1.54, 1.807) is 0 Å². The maximum Gasteiger partial charge on any atom is 0.0422 e. The second-order valence-corrected chi connectivity index (χ2v) is 5.54. The van der Waals surface area contributed by atoms with E-state index in [-0.39, 0.29) is 0 Å². The van der Waals surface area contributed by atoms with Crippen LogP contribution in [0, 0.1) is 0 Å². The fourth-order valence-corrected chi connectivity index (χ4v) is 2.62. The third kappa shape index (κ3) is 5.79. The lowest BCUT2D eigenvalue weighted by atomic mass is 9.97. The van der Waals surface area contributed by atoms with Gasteiger partial charge >= 0.3 is 0 Å². The Morgan fingerprint density at radius 3 is 2.29 bits per heavy atom. The molecule has 0 spiro atoms. The fourth-order valence-electron chi connectivity index (χ4n) is 2.62. The van der Waals surface area contributed by atoms with Gasteiger partial charge in [-0.05, 0) is 49.5 Å². The molecule has 0 saturated carbocycles. The normalized spacial score (nSPS) is 17.1. The Morgan fingerprint density at radius 2 is 1.71 bits per heavy atom. The Labute approximate surface area is 131 Å². The molecule has 1 heteroatoms. The van der Waals surface area contributed by atoms with Crippen LogP contribution in [0.1, 0.15) is 65.0 Å². The Bertz CT molecular complexity index is 465. The Balaban J connectivity index is 0.00000106. The molecule has 0 bridgehead atoms. The molecule has 1 N–H and O–H groups in total. The van der Waals surface area contributed by atoms with Crippen LogP contribution in [0.25, 0.3) is 5.57 Å². The highest BCUT2D eigenvalue weighted by atomic mass is 14.9. The summed E-state index contributed by atoms with van der Waals surface area (Å²) in [6.45, 7) is 10.6. The summed E-state index contributed by atoms with van der Waals surface area (Å²) in [5.74, 6) is 0. The number of hydrogen-bond donors (Lipinski definition) is 1. The molecule has 1 aromatic rings. The first-order valence-corrected chi connectivity index (χ1v) is 8.45. The zero-order valence-electron chi connectivity index (χ0n) is 14.4. The van der Waals surface area contributed by atoms with Gasteiger partial charge in [0, 0.05) is 11.7 Å². The molecular formula is C20H31N. The summed E-state index contributed by atoms with van der Waals surface area (Å²) in [6.07, 6.45) is 9.65. The Morgan fingerprint density at radius 1 is 1.05 bits per heavy atom. The third-order valence-electron chi connectivity index (χ3n) is 3.61. The summed E-state index contributed by atoms with van der Waals surface area (Å²) in [4.78, 5) is 0. The van der Waals surface area contributed by atoms with Crippen molar-refractivity contribution in [3.05, 3.63) is 53.2 Å². The van der Waals surface area contributed by atoms with Crippen molar-refractivity contribution in [1.82, 2.24) is 5.32 Å². The first-order chi connectivity index (χ1) is 10.2. The summed E-state index contributed by atoms with van der Waals surface area (Å²) < 4.78 is 0. The van der Waals surface area contributed by atoms with Crippen LogP contribution in [-0.2, 0) is 6.42 Å². The number of benzene rings is 1. The van der Waals surface area contributed by atoms with Crippen molar-refractivity contribution in [3.8, 4) is 0 Å². The molecule has 1 aliphatic heterocycles. The molecule has 0 aromatic heterocycles. The van der Waals surface area contributed by atoms with E-state index in [2.05, 4.69) is 62.5 Å². The van der Waals surface area contributed by atoms with Gasteiger partial charge in [-0.3, -0.25) is 0 Å². The molecule has 2 rings (SSSR count). The van der Waals surface area contributed by atoms with Crippen LogP contribution >= 0.6 is 0 Å². The molecule has 1 aliphatic rings. The van der Waals surface area contributed by atoms with Crippen molar-refractivity contribution in [2.45, 2.75) is 66.3 Å². The van der Waals surface area contributed by atoms with Crippen LogP contribution < -0.4 is 5.32 Å². The lowest BCUT2D eigenvalue weighted by molar-refractivity contribution is 0.717. The summed E-state index contributed by atoms with van der Waals surface area (Å²) >= 11 is 0. The lowest BCUT2D eigenvalue weighted by Crippen LogP contribution is -2.24. The fraction of sp³-hybridized carbons (Fsp3) is 0.500. The van der Waals surface area contributed by atoms with E-state index >= 15 is 0 Å². The van der Waals surface area contributed by atoms with Crippen molar-refractivity contribution in [3.63, 3.8) is 0 Å². The zero-order chi connectivity index (χ0) is 15.7. The van der Waals surface area contributed by atoms with Crippen molar-refractivity contribution in [2.24, 2.45) is 0 Å². The minimum absolute atomic E-state index is 0.421. The highest BCUT2D eigenvalue weighted by molar-refractivity contribution is 5.76. The molecule has 116 valence electrons. The third-order valence-corrected chi connectivity index (χ3v) is 3.61. The quantitative estimate of drug-likeness (QED) is 0.682. The molecule has 0 aliphatic carbocycles. The topological polar surface area (TPSA) is 12.0 Å². The standard InChI is InChI=1S/C18H25N.C2H6/c1-4-5-6-7-16-8-10-17(11-9-16)18-12-14(2)19-15(3)13-18;1-2/h8-14,19H,4-7H2,1-3H3;1-2H3. The average molecular weight is 285 g/mol. The van der Waals surface area contributed by atoms with Crippen molar-refractivity contribution < 1.29 is 0 Å². The summed E-state index contributed by atoms with van der Waals surface area (Å²) in [5.41, 5.74) is 5.37. The van der Waals surface area contributed by atoms with Gasteiger partial charge in [0.2, 0.25) is 0 Å². The van der Waals surface area contributed by atoms with E-state index in [9.17, 15) is 0 Å². The zero-order valence-corrected chi connectivity index (χ0v) is 14.4.